The second-order valence-electron chi connectivity index (χ2n) is 6.56. The summed E-state index contributed by atoms with van der Waals surface area (Å²) in [7, 11) is 0. The van der Waals surface area contributed by atoms with E-state index in [9.17, 15) is 0 Å². The van der Waals surface area contributed by atoms with Gasteiger partial charge in [-0.15, -0.1) is 0 Å². The van der Waals surface area contributed by atoms with Crippen LogP contribution in [0.5, 0.6) is 0 Å². The fourth-order valence-electron chi connectivity index (χ4n) is 3.25. The standard InChI is InChI=1S/C20H33Br/c1-7-8-9-10-11-12-13-19(21)20-17(5)15(3)14(2)16(4)18(20)6/h19H,7-13H2,1-6H3. The molecule has 1 unspecified atom stereocenters. The highest BCUT2D eigenvalue weighted by Crippen LogP contribution is 2.37. The van der Waals surface area contributed by atoms with Gasteiger partial charge in [0.25, 0.3) is 0 Å². The maximum absolute atomic E-state index is 3.96. The lowest BCUT2D eigenvalue weighted by molar-refractivity contribution is 0.587. The van der Waals surface area contributed by atoms with Gasteiger partial charge in [-0.1, -0.05) is 61.4 Å². The van der Waals surface area contributed by atoms with Gasteiger partial charge >= 0.3 is 0 Å². The molecule has 1 aromatic rings. The third-order valence-electron chi connectivity index (χ3n) is 5.18. The summed E-state index contributed by atoms with van der Waals surface area (Å²) < 4.78 is 0. The number of alkyl halides is 1. The largest absolute Gasteiger partial charge is 0.0839 e. The number of benzene rings is 1. The molecule has 0 saturated heterocycles. The number of hydrogen-bond acceptors (Lipinski definition) is 0. The average molecular weight is 353 g/mol. The lowest BCUT2D eigenvalue weighted by atomic mass is 9.87. The second kappa shape index (κ2) is 8.98. The van der Waals surface area contributed by atoms with Crippen LogP contribution in [0, 0.1) is 34.6 Å². The Morgan fingerprint density at radius 2 is 1.10 bits per heavy atom. The van der Waals surface area contributed by atoms with Crippen molar-refractivity contribution < 1.29 is 0 Å². The van der Waals surface area contributed by atoms with E-state index in [2.05, 4.69) is 57.5 Å². The predicted octanol–water partition coefficient (Wildman–Crippen LogP) is 7.42. The van der Waals surface area contributed by atoms with E-state index >= 15 is 0 Å². The molecular weight excluding hydrogens is 320 g/mol. The Balaban J connectivity index is 2.68. The van der Waals surface area contributed by atoms with Crippen LogP contribution >= 0.6 is 15.9 Å². The summed E-state index contributed by atoms with van der Waals surface area (Å²) in [6.07, 6.45) is 9.51. The van der Waals surface area contributed by atoms with Gasteiger partial charge in [0.05, 0.1) is 0 Å². The molecule has 0 aromatic heterocycles. The first-order valence-electron chi connectivity index (χ1n) is 8.62. The SMILES string of the molecule is CCCCCCCCC(Br)c1c(C)c(C)c(C)c(C)c1C. The minimum absolute atomic E-state index is 0.515. The Hall–Kier alpha value is -0.300. The summed E-state index contributed by atoms with van der Waals surface area (Å²) in [4.78, 5) is 0.515. The highest BCUT2D eigenvalue weighted by atomic mass is 79.9. The summed E-state index contributed by atoms with van der Waals surface area (Å²) in [6, 6.07) is 0. The zero-order valence-corrected chi connectivity index (χ0v) is 16.5. The van der Waals surface area contributed by atoms with Gasteiger partial charge < -0.3 is 0 Å². The van der Waals surface area contributed by atoms with Gasteiger partial charge in [0.2, 0.25) is 0 Å². The molecule has 0 fully saturated rings. The van der Waals surface area contributed by atoms with E-state index < -0.39 is 0 Å². The third kappa shape index (κ3) is 4.84. The zero-order chi connectivity index (χ0) is 16.0. The molecular formula is C20H33Br. The summed E-state index contributed by atoms with van der Waals surface area (Å²) in [5, 5.41) is 0. The van der Waals surface area contributed by atoms with Crippen molar-refractivity contribution in [2.24, 2.45) is 0 Å². The molecule has 1 aromatic carbocycles. The average Bonchev–Trinajstić information content (AvgIpc) is 2.47. The summed E-state index contributed by atoms with van der Waals surface area (Å²) in [5.74, 6) is 0. The molecule has 0 aliphatic rings. The van der Waals surface area contributed by atoms with Crippen LogP contribution in [0.4, 0.5) is 0 Å². The quantitative estimate of drug-likeness (QED) is 0.337. The van der Waals surface area contributed by atoms with Crippen LogP contribution in [-0.2, 0) is 0 Å². The van der Waals surface area contributed by atoms with Crippen molar-refractivity contribution in [3.8, 4) is 0 Å². The normalized spacial score (nSPS) is 12.7. The fourth-order valence-corrected chi connectivity index (χ4v) is 4.26. The van der Waals surface area contributed by atoms with Crippen LogP contribution in [0.25, 0.3) is 0 Å². The Kier molecular flexibility index (Phi) is 8.02. The molecule has 1 heteroatoms. The third-order valence-corrected chi connectivity index (χ3v) is 6.10. The number of unbranched alkanes of at least 4 members (excludes halogenated alkanes) is 5. The molecule has 0 spiro atoms. The van der Waals surface area contributed by atoms with Crippen molar-refractivity contribution in [3.63, 3.8) is 0 Å². The lowest BCUT2D eigenvalue weighted by Crippen LogP contribution is -2.05. The molecule has 0 bridgehead atoms. The van der Waals surface area contributed by atoms with Crippen molar-refractivity contribution in [1.29, 1.82) is 0 Å². The first-order chi connectivity index (χ1) is 9.91. The minimum Gasteiger partial charge on any atom is -0.0839 e. The molecule has 120 valence electrons. The molecule has 1 rings (SSSR count). The van der Waals surface area contributed by atoms with Gasteiger partial charge in [-0.3, -0.25) is 0 Å². The lowest BCUT2D eigenvalue weighted by Gasteiger charge is -2.22. The smallest absolute Gasteiger partial charge is 0.0400 e. The van der Waals surface area contributed by atoms with Gasteiger partial charge in [-0.05, 0) is 74.4 Å². The molecule has 0 radical (unpaired) electrons. The van der Waals surface area contributed by atoms with Crippen LogP contribution in [0.3, 0.4) is 0 Å². The fraction of sp³-hybridized carbons (Fsp3) is 0.700. The first kappa shape index (κ1) is 18.7. The van der Waals surface area contributed by atoms with Gasteiger partial charge in [-0.2, -0.15) is 0 Å². The van der Waals surface area contributed by atoms with E-state index in [1.807, 2.05) is 0 Å². The number of halogens is 1. The van der Waals surface area contributed by atoms with Crippen LogP contribution in [0.15, 0.2) is 0 Å². The summed E-state index contributed by atoms with van der Waals surface area (Å²) in [5.41, 5.74) is 8.94. The van der Waals surface area contributed by atoms with E-state index in [0.717, 1.165) is 0 Å². The van der Waals surface area contributed by atoms with Crippen molar-refractivity contribution in [2.45, 2.75) is 91.3 Å². The Morgan fingerprint density at radius 3 is 1.62 bits per heavy atom. The van der Waals surface area contributed by atoms with E-state index in [1.54, 1.807) is 5.56 Å². The first-order valence-corrected chi connectivity index (χ1v) is 9.54. The highest BCUT2D eigenvalue weighted by molar-refractivity contribution is 9.09. The van der Waals surface area contributed by atoms with E-state index in [1.165, 1.54) is 72.8 Å². The molecule has 1 atom stereocenters. The van der Waals surface area contributed by atoms with E-state index in [0.29, 0.717) is 4.83 Å². The molecule has 0 aliphatic heterocycles. The monoisotopic (exact) mass is 352 g/mol. The predicted molar refractivity (Wildman–Crippen MR) is 99.8 cm³/mol. The molecule has 0 amide bonds. The van der Waals surface area contributed by atoms with Gasteiger partial charge in [0.1, 0.15) is 0 Å². The van der Waals surface area contributed by atoms with Crippen LogP contribution in [-0.4, -0.2) is 0 Å². The van der Waals surface area contributed by atoms with Crippen molar-refractivity contribution in [2.75, 3.05) is 0 Å². The number of hydrogen-bond donors (Lipinski definition) is 0. The molecule has 0 N–H and O–H groups in total. The maximum Gasteiger partial charge on any atom is 0.0400 e. The second-order valence-corrected chi connectivity index (χ2v) is 7.67. The van der Waals surface area contributed by atoms with Crippen molar-refractivity contribution >= 4 is 15.9 Å². The molecule has 0 nitrogen and oxygen atoms in total. The molecule has 0 aliphatic carbocycles. The molecule has 0 saturated carbocycles. The van der Waals surface area contributed by atoms with Crippen LogP contribution in [0.2, 0.25) is 0 Å². The van der Waals surface area contributed by atoms with Crippen molar-refractivity contribution in [1.82, 2.24) is 0 Å². The van der Waals surface area contributed by atoms with E-state index in [-0.39, 0.29) is 0 Å². The summed E-state index contributed by atoms with van der Waals surface area (Å²) in [6.45, 7) is 13.7. The zero-order valence-electron chi connectivity index (χ0n) is 14.9. The van der Waals surface area contributed by atoms with Gasteiger partial charge in [0.15, 0.2) is 0 Å². The van der Waals surface area contributed by atoms with Gasteiger partial charge in [0, 0.05) is 4.83 Å². The van der Waals surface area contributed by atoms with Crippen LogP contribution < -0.4 is 0 Å². The Labute approximate surface area is 140 Å². The van der Waals surface area contributed by atoms with Crippen LogP contribution in [0.1, 0.15) is 90.1 Å². The van der Waals surface area contributed by atoms with Gasteiger partial charge in [-0.25, -0.2) is 0 Å². The Morgan fingerprint density at radius 1 is 0.667 bits per heavy atom. The Bertz CT molecular complexity index is 430. The highest BCUT2D eigenvalue weighted by Gasteiger charge is 2.17. The molecule has 0 heterocycles. The minimum atomic E-state index is 0.515. The maximum atomic E-state index is 3.96. The topological polar surface area (TPSA) is 0 Å². The molecule has 21 heavy (non-hydrogen) atoms. The van der Waals surface area contributed by atoms with E-state index in [4.69, 9.17) is 0 Å². The summed E-state index contributed by atoms with van der Waals surface area (Å²) >= 11 is 3.96. The number of rotatable bonds is 8. The van der Waals surface area contributed by atoms with Crippen molar-refractivity contribution in [3.05, 3.63) is 33.4 Å².